The Balaban J connectivity index is 2.04. The van der Waals surface area contributed by atoms with Gasteiger partial charge in [0.2, 0.25) is 0 Å². The minimum atomic E-state index is -0.337. The number of rotatable bonds is 3. The summed E-state index contributed by atoms with van der Waals surface area (Å²) in [6.07, 6.45) is 3.08. The third kappa shape index (κ3) is 3.44. The van der Waals surface area contributed by atoms with Crippen LogP contribution >= 0.6 is 0 Å². The van der Waals surface area contributed by atoms with E-state index < -0.39 is 0 Å². The van der Waals surface area contributed by atoms with Crippen LogP contribution < -0.4 is 10.5 Å². The minimum absolute atomic E-state index is 0.00255. The Morgan fingerprint density at radius 1 is 1.20 bits per heavy atom. The van der Waals surface area contributed by atoms with Crippen LogP contribution in [0.2, 0.25) is 0 Å². The molecule has 0 aromatic heterocycles. The highest BCUT2D eigenvalue weighted by atomic mass is 16.5. The van der Waals surface area contributed by atoms with Crippen LogP contribution in [0.15, 0.2) is 18.2 Å². The van der Waals surface area contributed by atoms with Crippen molar-refractivity contribution in [1.82, 2.24) is 0 Å². The first-order chi connectivity index (χ1) is 9.49. The molecule has 0 spiro atoms. The summed E-state index contributed by atoms with van der Waals surface area (Å²) in [4.78, 5) is 12.2. The van der Waals surface area contributed by atoms with Crippen molar-refractivity contribution >= 4 is 11.7 Å². The van der Waals surface area contributed by atoms with E-state index in [9.17, 15) is 4.79 Å². The number of hydrogen-bond donors (Lipinski definition) is 1. The number of anilines is 1. The van der Waals surface area contributed by atoms with Gasteiger partial charge in [-0.05, 0) is 43.2 Å². The average Bonchev–Trinajstić information content (AvgIpc) is 2.36. The molecule has 1 aromatic rings. The number of nitrogen functional groups attached to an aromatic ring is 1. The van der Waals surface area contributed by atoms with Crippen LogP contribution in [-0.2, 0) is 4.74 Å². The van der Waals surface area contributed by atoms with Crippen LogP contribution in [0.1, 0.15) is 43.5 Å². The lowest BCUT2D eigenvalue weighted by molar-refractivity contribution is 0.00817. The van der Waals surface area contributed by atoms with Gasteiger partial charge in [-0.25, -0.2) is 4.79 Å². The van der Waals surface area contributed by atoms with E-state index in [0.717, 1.165) is 12.8 Å². The van der Waals surface area contributed by atoms with Crippen molar-refractivity contribution in [2.75, 3.05) is 12.8 Å². The van der Waals surface area contributed by atoms with E-state index in [1.54, 1.807) is 25.3 Å². The van der Waals surface area contributed by atoms with Crippen LogP contribution in [0, 0.1) is 11.8 Å². The van der Waals surface area contributed by atoms with Crippen molar-refractivity contribution in [3.63, 3.8) is 0 Å². The van der Waals surface area contributed by atoms with E-state index in [0.29, 0.717) is 28.8 Å². The molecule has 2 atom stereocenters. The number of esters is 1. The Labute approximate surface area is 120 Å². The van der Waals surface area contributed by atoms with E-state index in [1.165, 1.54) is 6.42 Å². The molecule has 0 radical (unpaired) electrons. The fraction of sp³-hybridized carbons (Fsp3) is 0.562. The number of hydrogen-bond acceptors (Lipinski definition) is 4. The molecule has 0 amide bonds. The maximum absolute atomic E-state index is 12.2. The molecule has 0 aliphatic heterocycles. The highest BCUT2D eigenvalue weighted by molar-refractivity contribution is 5.95. The average molecular weight is 277 g/mol. The molecule has 1 saturated carbocycles. The van der Waals surface area contributed by atoms with Crippen LogP contribution in [0.3, 0.4) is 0 Å². The predicted octanol–water partition coefficient (Wildman–Crippen LogP) is 3.26. The van der Waals surface area contributed by atoms with Crippen LogP contribution in [0.4, 0.5) is 5.69 Å². The summed E-state index contributed by atoms with van der Waals surface area (Å²) in [6, 6.07) is 5.02. The molecular weight excluding hydrogens is 254 g/mol. The summed E-state index contributed by atoms with van der Waals surface area (Å²) in [5.74, 6) is 1.50. The van der Waals surface area contributed by atoms with Gasteiger partial charge in [0.15, 0.2) is 0 Å². The van der Waals surface area contributed by atoms with E-state index in [1.807, 2.05) is 0 Å². The van der Waals surface area contributed by atoms with Gasteiger partial charge in [-0.3, -0.25) is 0 Å². The Bertz CT molecular complexity index is 477. The van der Waals surface area contributed by atoms with Gasteiger partial charge in [0, 0.05) is 11.8 Å². The zero-order chi connectivity index (χ0) is 14.7. The van der Waals surface area contributed by atoms with Gasteiger partial charge >= 0.3 is 5.97 Å². The minimum Gasteiger partial charge on any atom is -0.497 e. The summed E-state index contributed by atoms with van der Waals surface area (Å²) in [6.45, 7) is 4.41. The van der Waals surface area contributed by atoms with E-state index in [2.05, 4.69) is 13.8 Å². The maximum Gasteiger partial charge on any atom is 0.340 e. The normalized spacial score (nSPS) is 26.1. The van der Waals surface area contributed by atoms with Gasteiger partial charge in [-0.15, -0.1) is 0 Å². The van der Waals surface area contributed by atoms with E-state index in [-0.39, 0.29) is 12.1 Å². The van der Waals surface area contributed by atoms with Crippen molar-refractivity contribution in [1.29, 1.82) is 0 Å². The molecule has 0 heterocycles. The van der Waals surface area contributed by atoms with Crippen molar-refractivity contribution < 1.29 is 14.3 Å². The summed E-state index contributed by atoms with van der Waals surface area (Å²) in [5.41, 5.74) is 6.69. The fourth-order valence-corrected chi connectivity index (χ4v) is 3.04. The smallest absolute Gasteiger partial charge is 0.340 e. The molecule has 2 N–H and O–H groups in total. The highest BCUT2D eigenvalue weighted by Crippen LogP contribution is 2.31. The number of carbonyl (C=O) groups excluding carboxylic acids is 1. The molecule has 110 valence electrons. The van der Waals surface area contributed by atoms with Crippen molar-refractivity contribution in [2.45, 2.75) is 39.2 Å². The SMILES string of the molecule is COc1ccc(C(=O)OC2CC(C)CC(C)C2)c(N)c1. The molecular formula is C16H23NO3. The lowest BCUT2D eigenvalue weighted by atomic mass is 9.82. The Kier molecular flexibility index (Phi) is 4.53. The molecule has 1 aromatic carbocycles. The van der Waals surface area contributed by atoms with Gasteiger partial charge in [0.25, 0.3) is 0 Å². The first kappa shape index (κ1) is 14.7. The van der Waals surface area contributed by atoms with Gasteiger partial charge in [0.1, 0.15) is 11.9 Å². The standard InChI is InChI=1S/C16H23NO3/c1-10-6-11(2)8-13(7-10)20-16(18)14-5-4-12(19-3)9-15(14)17/h4-5,9-11,13H,6-8,17H2,1-3H3. The maximum atomic E-state index is 12.2. The number of nitrogens with two attached hydrogens (primary N) is 1. The number of benzene rings is 1. The summed E-state index contributed by atoms with van der Waals surface area (Å²) in [7, 11) is 1.57. The second kappa shape index (κ2) is 6.16. The number of carbonyl (C=O) groups is 1. The zero-order valence-electron chi connectivity index (χ0n) is 12.4. The largest absolute Gasteiger partial charge is 0.497 e. The zero-order valence-corrected chi connectivity index (χ0v) is 12.4. The molecule has 20 heavy (non-hydrogen) atoms. The second-order valence-corrected chi connectivity index (χ2v) is 5.90. The fourth-order valence-electron chi connectivity index (χ4n) is 3.04. The molecule has 0 saturated heterocycles. The number of methoxy groups -OCH3 is 1. The second-order valence-electron chi connectivity index (χ2n) is 5.90. The Hall–Kier alpha value is -1.71. The predicted molar refractivity (Wildman–Crippen MR) is 78.8 cm³/mol. The lowest BCUT2D eigenvalue weighted by Crippen LogP contribution is -2.28. The van der Waals surface area contributed by atoms with Crippen molar-refractivity contribution in [3.05, 3.63) is 23.8 Å². The van der Waals surface area contributed by atoms with Gasteiger partial charge in [-0.1, -0.05) is 13.8 Å². The molecule has 2 rings (SSSR count). The van der Waals surface area contributed by atoms with Gasteiger partial charge in [0.05, 0.1) is 12.7 Å². The topological polar surface area (TPSA) is 61.5 Å². The Morgan fingerprint density at radius 3 is 2.40 bits per heavy atom. The van der Waals surface area contributed by atoms with Crippen LogP contribution in [0.25, 0.3) is 0 Å². The van der Waals surface area contributed by atoms with E-state index >= 15 is 0 Å². The molecule has 4 nitrogen and oxygen atoms in total. The van der Waals surface area contributed by atoms with Gasteiger partial charge in [-0.2, -0.15) is 0 Å². The summed E-state index contributed by atoms with van der Waals surface area (Å²) >= 11 is 0. The monoisotopic (exact) mass is 277 g/mol. The quantitative estimate of drug-likeness (QED) is 0.680. The Morgan fingerprint density at radius 2 is 1.85 bits per heavy atom. The number of ether oxygens (including phenoxy) is 2. The third-order valence-electron chi connectivity index (χ3n) is 3.89. The lowest BCUT2D eigenvalue weighted by Gasteiger charge is -2.31. The van der Waals surface area contributed by atoms with E-state index in [4.69, 9.17) is 15.2 Å². The highest BCUT2D eigenvalue weighted by Gasteiger charge is 2.27. The van der Waals surface area contributed by atoms with Gasteiger partial charge < -0.3 is 15.2 Å². The third-order valence-corrected chi connectivity index (χ3v) is 3.89. The molecule has 1 aliphatic rings. The van der Waals surface area contributed by atoms with Crippen molar-refractivity contribution in [3.8, 4) is 5.75 Å². The molecule has 0 bridgehead atoms. The molecule has 1 aliphatic carbocycles. The summed E-state index contributed by atoms with van der Waals surface area (Å²) in [5, 5.41) is 0. The van der Waals surface area contributed by atoms with Crippen LogP contribution in [0.5, 0.6) is 5.75 Å². The first-order valence-corrected chi connectivity index (χ1v) is 7.14. The first-order valence-electron chi connectivity index (χ1n) is 7.14. The molecule has 1 fully saturated rings. The van der Waals surface area contributed by atoms with Crippen LogP contribution in [-0.4, -0.2) is 19.2 Å². The molecule has 2 unspecified atom stereocenters. The van der Waals surface area contributed by atoms with Crippen molar-refractivity contribution in [2.24, 2.45) is 11.8 Å². The summed E-state index contributed by atoms with van der Waals surface area (Å²) < 4.78 is 10.7. The molecule has 4 heteroatoms.